The number of thiazole rings is 1. The molecule has 1 aromatic carbocycles. The number of fused-ring (bicyclic) bond motifs is 3. The summed E-state index contributed by atoms with van der Waals surface area (Å²) in [6.07, 6.45) is 0. The van der Waals surface area contributed by atoms with Crippen LogP contribution < -0.4 is 10.5 Å². The maximum atomic E-state index is 11.3. The molecular weight excluding hydrogens is 284 g/mol. The van der Waals surface area contributed by atoms with Gasteiger partial charge in [0, 0.05) is 23.5 Å². The van der Waals surface area contributed by atoms with Crippen LogP contribution in [-0.4, -0.2) is 17.1 Å². The van der Waals surface area contributed by atoms with Crippen LogP contribution in [0, 0.1) is 0 Å². The molecular formula is C16H18N2O2S. The van der Waals surface area contributed by atoms with Crippen molar-refractivity contribution < 1.29 is 4.42 Å². The van der Waals surface area contributed by atoms with E-state index in [0.717, 1.165) is 20.7 Å². The fourth-order valence-corrected chi connectivity index (χ4v) is 4.02. The van der Waals surface area contributed by atoms with E-state index < -0.39 is 0 Å². The summed E-state index contributed by atoms with van der Waals surface area (Å²) in [5, 5.41) is 1.96. The Labute approximate surface area is 127 Å². The molecule has 2 aromatic heterocycles. The number of hydrogen-bond donors (Lipinski definition) is 0. The second kappa shape index (κ2) is 5.15. The van der Waals surface area contributed by atoms with Gasteiger partial charge in [0.25, 0.3) is 0 Å². The molecule has 0 aliphatic heterocycles. The minimum atomic E-state index is -0.322. The second-order valence-electron chi connectivity index (χ2n) is 5.67. The van der Waals surface area contributed by atoms with Gasteiger partial charge in [-0.15, -0.1) is 0 Å². The topological polar surface area (TPSA) is 46.3 Å². The van der Waals surface area contributed by atoms with E-state index in [-0.39, 0.29) is 5.63 Å². The summed E-state index contributed by atoms with van der Waals surface area (Å²) < 4.78 is 6.31. The van der Waals surface area contributed by atoms with Crippen LogP contribution in [0.4, 0.5) is 5.13 Å². The van der Waals surface area contributed by atoms with Crippen molar-refractivity contribution in [3.8, 4) is 0 Å². The van der Waals surface area contributed by atoms with Crippen LogP contribution >= 0.6 is 11.3 Å². The zero-order valence-electron chi connectivity index (χ0n) is 12.6. The fraction of sp³-hybridized carbons (Fsp3) is 0.375. The lowest BCUT2D eigenvalue weighted by atomic mass is 10.2. The van der Waals surface area contributed by atoms with E-state index in [1.807, 2.05) is 18.2 Å². The maximum absolute atomic E-state index is 11.3. The largest absolute Gasteiger partial charge is 0.423 e. The average molecular weight is 302 g/mol. The molecule has 0 atom stereocenters. The Balaban J connectivity index is 2.24. The third-order valence-electron chi connectivity index (χ3n) is 3.47. The zero-order valence-corrected chi connectivity index (χ0v) is 13.4. The van der Waals surface area contributed by atoms with E-state index in [1.54, 1.807) is 11.3 Å². The van der Waals surface area contributed by atoms with Crippen LogP contribution in [-0.2, 0) is 0 Å². The fourth-order valence-electron chi connectivity index (χ4n) is 2.67. The summed E-state index contributed by atoms with van der Waals surface area (Å²) in [7, 11) is 0. The molecule has 0 N–H and O–H groups in total. The molecule has 0 saturated heterocycles. The van der Waals surface area contributed by atoms with Gasteiger partial charge in [-0.2, -0.15) is 0 Å². The SMILES string of the molecule is CC(C)N(c1nc2ccc3oc(=O)ccc3c2s1)C(C)C. The van der Waals surface area contributed by atoms with Crippen molar-refractivity contribution in [1.82, 2.24) is 4.98 Å². The van der Waals surface area contributed by atoms with E-state index in [1.165, 1.54) is 6.07 Å². The lowest BCUT2D eigenvalue weighted by Crippen LogP contribution is -2.36. The zero-order chi connectivity index (χ0) is 15.1. The van der Waals surface area contributed by atoms with Crippen molar-refractivity contribution in [2.24, 2.45) is 0 Å². The summed E-state index contributed by atoms with van der Waals surface area (Å²) in [5.74, 6) is 0. The highest BCUT2D eigenvalue weighted by Gasteiger charge is 2.19. The van der Waals surface area contributed by atoms with E-state index in [9.17, 15) is 4.79 Å². The smallest absolute Gasteiger partial charge is 0.336 e. The van der Waals surface area contributed by atoms with E-state index >= 15 is 0 Å². The first kappa shape index (κ1) is 14.1. The normalized spacial score (nSPS) is 11.9. The summed E-state index contributed by atoms with van der Waals surface area (Å²) >= 11 is 1.65. The van der Waals surface area contributed by atoms with E-state index in [2.05, 4.69) is 32.6 Å². The molecule has 0 fully saturated rings. The Morgan fingerprint density at radius 3 is 2.48 bits per heavy atom. The number of rotatable bonds is 3. The molecule has 0 radical (unpaired) electrons. The molecule has 110 valence electrons. The van der Waals surface area contributed by atoms with Crippen LogP contribution in [0.3, 0.4) is 0 Å². The molecule has 3 rings (SSSR count). The number of aromatic nitrogens is 1. The Kier molecular flexibility index (Phi) is 3.45. The first-order valence-corrected chi connectivity index (χ1v) is 7.91. The highest BCUT2D eigenvalue weighted by atomic mass is 32.1. The minimum Gasteiger partial charge on any atom is -0.423 e. The van der Waals surface area contributed by atoms with Crippen molar-refractivity contribution in [3.63, 3.8) is 0 Å². The summed E-state index contributed by atoms with van der Waals surface area (Å²) in [6, 6.07) is 7.78. The first-order valence-electron chi connectivity index (χ1n) is 7.09. The van der Waals surface area contributed by atoms with Crippen molar-refractivity contribution in [2.75, 3.05) is 4.90 Å². The van der Waals surface area contributed by atoms with Gasteiger partial charge in [-0.05, 0) is 45.9 Å². The molecule has 0 unspecified atom stereocenters. The maximum Gasteiger partial charge on any atom is 0.336 e. The summed E-state index contributed by atoms with van der Waals surface area (Å²) in [4.78, 5) is 18.4. The van der Waals surface area contributed by atoms with Crippen molar-refractivity contribution in [2.45, 2.75) is 39.8 Å². The van der Waals surface area contributed by atoms with Gasteiger partial charge in [0.15, 0.2) is 5.13 Å². The quantitative estimate of drug-likeness (QED) is 0.685. The molecule has 0 bridgehead atoms. The molecule has 4 nitrogen and oxygen atoms in total. The summed E-state index contributed by atoms with van der Waals surface area (Å²) in [6.45, 7) is 8.68. The van der Waals surface area contributed by atoms with Crippen LogP contribution in [0.15, 0.2) is 33.5 Å². The van der Waals surface area contributed by atoms with Gasteiger partial charge in [-0.1, -0.05) is 11.3 Å². The number of anilines is 1. The number of benzene rings is 1. The molecule has 0 aliphatic rings. The molecule has 5 heteroatoms. The third-order valence-corrected chi connectivity index (χ3v) is 4.59. The first-order chi connectivity index (χ1) is 9.97. The van der Waals surface area contributed by atoms with Gasteiger partial charge in [0.1, 0.15) is 5.58 Å². The van der Waals surface area contributed by atoms with Crippen molar-refractivity contribution >= 4 is 37.7 Å². The highest BCUT2D eigenvalue weighted by molar-refractivity contribution is 7.23. The molecule has 2 heterocycles. The Bertz CT molecular complexity index is 840. The number of nitrogens with zero attached hydrogens (tertiary/aromatic N) is 2. The molecule has 0 spiro atoms. The molecule has 21 heavy (non-hydrogen) atoms. The summed E-state index contributed by atoms with van der Waals surface area (Å²) in [5.41, 5.74) is 1.24. The van der Waals surface area contributed by atoms with E-state index in [0.29, 0.717) is 17.7 Å². The second-order valence-corrected chi connectivity index (χ2v) is 6.65. The molecule has 0 saturated carbocycles. The lowest BCUT2D eigenvalue weighted by Gasteiger charge is -2.30. The van der Waals surface area contributed by atoms with Crippen molar-refractivity contribution in [3.05, 3.63) is 34.7 Å². The van der Waals surface area contributed by atoms with Gasteiger partial charge in [-0.3, -0.25) is 0 Å². The predicted octanol–water partition coefficient (Wildman–Crippen LogP) is 4.03. The van der Waals surface area contributed by atoms with Gasteiger partial charge in [0.05, 0.1) is 10.2 Å². The predicted molar refractivity (Wildman–Crippen MR) is 88.4 cm³/mol. The third kappa shape index (κ3) is 2.42. The van der Waals surface area contributed by atoms with Crippen LogP contribution in [0.25, 0.3) is 21.2 Å². The Morgan fingerprint density at radius 1 is 1.10 bits per heavy atom. The highest BCUT2D eigenvalue weighted by Crippen LogP contribution is 2.35. The molecule has 0 aliphatic carbocycles. The van der Waals surface area contributed by atoms with E-state index in [4.69, 9.17) is 9.40 Å². The van der Waals surface area contributed by atoms with Gasteiger partial charge < -0.3 is 9.32 Å². The Hall–Kier alpha value is -1.88. The molecule has 0 amide bonds. The van der Waals surface area contributed by atoms with Crippen LogP contribution in [0.1, 0.15) is 27.7 Å². The van der Waals surface area contributed by atoms with Gasteiger partial charge in [0.2, 0.25) is 0 Å². The van der Waals surface area contributed by atoms with Crippen molar-refractivity contribution in [1.29, 1.82) is 0 Å². The standard InChI is InChI=1S/C16H18N2O2S/c1-9(2)18(10(3)4)16-17-12-6-7-13-11(15(12)21-16)5-8-14(19)20-13/h5-10H,1-4H3. The lowest BCUT2D eigenvalue weighted by molar-refractivity contribution is 0.561. The minimum absolute atomic E-state index is 0.322. The Morgan fingerprint density at radius 2 is 1.81 bits per heavy atom. The van der Waals surface area contributed by atoms with Crippen LogP contribution in [0.2, 0.25) is 0 Å². The monoisotopic (exact) mass is 302 g/mol. The average Bonchev–Trinajstić information content (AvgIpc) is 2.80. The van der Waals surface area contributed by atoms with Gasteiger partial charge >= 0.3 is 5.63 Å². The molecule has 3 aromatic rings. The van der Waals surface area contributed by atoms with Crippen LogP contribution in [0.5, 0.6) is 0 Å². The van der Waals surface area contributed by atoms with Gasteiger partial charge in [-0.25, -0.2) is 9.78 Å². The number of hydrogen-bond acceptors (Lipinski definition) is 5.